The van der Waals surface area contributed by atoms with Crippen LogP contribution in [0.4, 0.5) is 5.69 Å². The molecule has 0 saturated carbocycles. The lowest BCUT2D eigenvalue weighted by Gasteiger charge is -2.07. The number of nitrogens with one attached hydrogen (secondary N) is 1. The Morgan fingerprint density at radius 2 is 1.92 bits per heavy atom. The quantitative estimate of drug-likeness (QED) is 0.541. The fourth-order valence-corrected chi connectivity index (χ4v) is 2.58. The van der Waals surface area contributed by atoms with Crippen LogP contribution in [0, 0.1) is 0 Å². The van der Waals surface area contributed by atoms with Crippen LogP contribution < -0.4 is 5.32 Å². The summed E-state index contributed by atoms with van der Waals surface area (Å²) in [6, 6.07) is 12.0. The number of carbonyl (C=O) groups is 2. The number of carbonyl (C=O) groups excluding carboxylic acids is 2. The first-order valence-corrected chi connectivity index (χ1v) is 8.35. The molecule has 0 aliphatic carbocycles. The van der Waals surface area contributed by atoms with Gasteiger partial charge in [0.25, 0.3) is 5.91 Å². The summed E-state index contributed by atoms with van der Waals surface area (Å²) in [5.74, 6) is -1.09. The van der Waals surface area contributed by atoms with E-state index in [4.69, 9.17) is 27.9 Å². The Bertz CT molecular complexity index is 793. The SMILES string of the molecule is O=C(COC(=O)/C=C/c1ccc(Cl)cc1Cl)Nc1ccccc1Br. The highest BCUT2D eigenvalue weighted by Crippen LogP contribution is 2.22. The molecule has 0 unspecified atom stereocenters. The van der Waals surface area contributed by atoms with Crippen LogP contribution in [-0.2, 0) is 14.3 Å². The van der Waals surface area contributed by atoms with Gasteiger partial charge in [0.15, 0.2) is 6.61 Å². The Morgan fingerprint density at radius 1 is 1.17 bits per heavy atom. The highest BCUT2D eigenvalue weighted by molar-refractivity contribution is 9.10. The van der Waals surface area contributed by atoms with Gasteiger partial charge >= 0.3 is 5.97 Å². The number of hydrogen-bond donors (Lipinski definition) is 1. The third-order valence-electron chi connectivity index (χ3n) is 2.85. The molecule has 1 amide bonds. The first kappa shape index (κ1) is 18.5. The Labute approximate surface area is 157 Å². The van der Waals surface area contributed by atoms with E-state index in [1.807, 2.05) is 6.07 Å². The molecule has 0 aliphatic heterocycles. The Kier molecular flexibility index (Phi) is 6.85. The van der Waals surface area contributed by atoms with Crippen molar-refractivity contribution in [3.63, 3.8) is 0 Å². The molecule has 0 aromatic heterocycles. The largest absolute Gasteiger partial charge is 0.452 e. The molecule has 0 fully saturated rings. The van der Waals surface area contributed by atoms with Gasteiger partial charge in [-0.15, -0.1) is 0 Å². The molecule has 0 radical (unpaired) electrons. The Balaban J connectivity index is 1.85. The second-order valence-corrected chi connectivity index (χ2v) is 6.33. The van der Waals surface area contributed by atoms with Crippen molar-refractivity contribution >= 4 is 62.8 Å². The maximum atomic E-state index is 11.8. The summed E-state index contributed by atoms with van der Waals surface area (Å²) < 4.78 is 5.62. The highest BCUT2D eigenvalue weighted by atomic mass is 79.9. The van der Waals surface area contributed by atoms with Gasteiger partial charge in [0.1, 0.15) is 0 Å². The van der Waals surface area contributed by atoms with Crippen LogP contribution in [0.15, 0.2) is 53.0 Å². The predicted octanol–water partition coefficient (Wildman–Crippen LogP) is 4.95. The molecule has 4 nitrogen and oxygen atoms in total. The first-order chi connectivity index (χ1) is 11.5. The first-order valence-electron chi connectivity index (χ1n) is 6.80. The number of amides is 1. The van der Waals surface area contributed by atoms with E-state index in [-0.39, 0.29) is 0 Å². The van der Waals surface area contributed by atoms with Crippen LogP contribution in [0.5, 0.6) is 0 Å². The smallest absolute Gasteiger partial charge is 0.331 e. The van der Waals surface area contributed by atoms with Crippen molar-refractivity contribution in [3.8, 4) is 0 Å². The van der Waals surface area contributed by atoms with E-state index in [1.165, 1.54) is 12.2 Å². The number of esters is 1. The number of ether oxygens (including phenoxy) is 1. The van der Waals surface area contributed by atoms with Gasteiger partial charge in [-0.1, -0.05) is 41.4 Å². The Morgan fingerprint density at radius 3 is 2.62 bits per heavy atom. The number of rotatable bonds is 5. The van der Waals surface area contributed by atoms with Crippen molar-refractivity contribution in [1.29, 1.82) is 0 Å². The van der Waals surface area contributed by atoms with Gasteiger partial charge < -0.3 is 10.1 Å². The second kappa shape index (κ2) is 8.87. The van der Waals surface area contributed by atoms with Crippen LogP contribution in [0.2, 0.25) is 10.0 Å². The second-order valence-electron chi connectivity index (χ2n) is 4.63. The number of benzene rings is 2. The summed E-state index contributed by atoms with van der Waals surface area (Å²) in [6.07, 6.45) is 2.69. The lowest BCUT2D eigenvalue weighted by atomic mass is 10.2. The van der Waals surface area contributed by atoms with Crippen LogP contribution >= 0.6 is 39.1 Å². The topological polar surface area (TPSA) is 55.4 Å². The molecule has 0 aliphatic rings. The summed E-state index contributed by atoms with van der Waals surface area (Å²) in [6.45, 7) is -0.390. The van der Waals surface area contributed by atoms with E-state index < -0.39 is 18.5 Å². The molecular formula is C17H12BrCl2NO3. The van der Waals surface area contributed by atoms with E-state index in [1.54, 1.807) is 36.4 Å². The molecule has 24 heavy (non-hydrogen) atoms. The van der Waals surface area contributed by atoms with Gasteiger partial charge in [0.05, 0.1) is 5.69 Å². The molecule has 1 N–H and O–H groups in total. The molecule has 0 heterocycles. The van der Waals surface area contributed by atoms with Crippen LogP contribution in [0.3, 0.4) is 0 Å². The van der Waals surface area contributed by atoms with Crippen molar-refractivity contribution < 1.29 is 14.3 Å². The number of para-hydroxylation sites is 1. The minimum absolute atomic E-state index is 0.390. The monoisotopic (exact) mass is 427 g/mol. The predicted molar refractivity (Wildman–Crippen MR) is 99.2 cm³/mol. The third-order valence-corrected chi connectivity index (χ3v) is 4.11. The maximum absolute atomic E-state index is 11.8. The van der Waals surface area contributed by atoms with Crippen LogP contribution in [0.25, 0.3) is 6.08 Å². The van der Waals surface area contributed by atoms with Crippen molar-refractivity contribution in [2.75, 3.05) is 11.9 Å². The van der Waals surface area contributed by atoms with Gasteiger partial charge in [-0.2, -0.15) is 0 Å². The zero-order valence-electron chi connectivity index (χ0n) is 12.3. The number of hydrogen-bond acceptors (Lipinski definition) is 3. The number of halogens is 3. The molecule has 0 atom stereocenters. The van der Waals surface area contributed by atoms with E-state index in [0.717, 1.165) is 4.47 Å². The summed E-state index contributed by atoms with van der Waals surface area (Å²) >= 11 is 15.1. The summed E-state index contributed by atoms with van der Waals surface area (Å²) in [4.78, 5) is 23.4. The molecule has 2 rings (SSSR count). The fraction of sp³-hybridized carbons (Fsp3) is 0.0588. The maximum Gasteiger partial charge on any atom is 0.331 e. The highest BCUT2D eigenvalue weighted by Gasteiger charge is 2.07. The van der Waals surface area contributed by atoms with Crippen LogP contribution in [0.1, 0.15) is 5.56 Å². The van der Waals surface area contributed by atoms with Crippen molar-refractivity contribution in [2.24, 2.45) is 0 Å². The van der Waals surface area contributed by atoms with Gasteiger partial charge in [0.2, 0.25) is 0 Å². The third kappa shape index (κ3) is 5.67. The van der Waals surface area contributed by atoms with E-state index in [2.05, 4.69) is 21.2 Å². The van der Waals surface area contributed by atoms with E-state index in [9.17, 15) is 9.59 Å². The van der Waals surface area contributed by atoms with E-state index in [0.29, 0.717) is 21.3 Å². The molecule has 124 valence electrons. The fourth-order valence-electron chi connectivity index (χ4n) is 1.73. The summed E-state index contributed by atoms with van der Waals surface area (Å²) in [5.41, 5.74) is 1.22. The molecular weight excluding hydrogens is 417 g/mol. The molecule has 2 aromatic rings. The average molecular weight is 429 g/mol. The summed E-state index contributed by atoms with van der Waals surface area (Å²) in [5, 5.41) is 3.55. The van der Waals surface area contributed by atoms with E-state index >= 15 is 0 Å². The van der Waals surface area contributed by atoms with Gasteiger partial charge in [-0.3, -0.25) is 4.79 Å². The van der Waals surface area contributed by atoms with Crippen molar-refractivity contribution in [1.82, 2.24) is 0 Å². The van der Waals surface area contributed by atoms with Gasteiger partial charge in [-0.05, 0) is 51.8 Å². The zero-order chi connectivity index (χ0) is 17.5. The molecule has 7 heteroatoms. The molecule has 0 spiro atoms. The minimum Gasteiger partial charge on any atom is -0.452 e. The summed E-state index contributed by atoms with van der Waals surface area (Å²) in [7, 11) is 0. The van der Waals surface area contributed by atoms with Gasteiger partial charge in [0, 0.05) is 20.6 Å². The molecule has 2 aromatic carbocycles. The number of anilines is 1. The lowest BCUT2D eigenvalue weighted by molar-refractivity contribution is -0.142. The molecule has 0 bridgehead atoms. The Hall–Kier alpha value is -1.82. The normalized spacial score (nSPS) is 10.6. The van der Waals surface area contributed by atoms with Crippen LogP contribution in [-0.4, -0.2) is 18.5 Å². The van der Waals surface area contributed by atoms with Gasteiger partial charge in [-0.25, -0.2) is 4.79 Å². The van der Waals surface area contributed by atoms with Crippen molar-refractivity contribution in [3.05, 3.63) is 68.6 Å². The average Bonchev–Trinajstić information content (AvgIpc) is 2.54. The molecule has 0 saturated heterocycles. The van der Waals surface area contributed by atoms with Crippen molar-refractivity contribution in [2.45, 2.75) is 0 Å². The lowest BCUT2D eigenvalue weighted by Crippen LogP contribution is -2.20. The standard InChI is InChI=1S/C17H12BrCl2NO3/c18-13-3-1-2-4-15(13)21-16(22)10-24-17(23)8-6-11-5-7-12(19)9-14(11)20/h1-9H,10H2,(H,21,22)/b8-6+. The zero-order valence-corrected chi connectivity index (χ0v) is 15.4. The minimum atomic E-state index is -0.650.